The van der Waals surface area contributed by atoms with Crippen molar-refractivity contribution in [2.45, 2.75) is 256 Å². The maximum atomic E-state index is 13.0. The van der Waals surface area contributed by atoms with E-state index in [9.17, 15) is 58.6 Å². The molecule has 1 rings (SSSR count). The molecule has 0 heterocycles. The fourth-order valence-corrected chi connectivity index (χ4v) is 10.3. The molecular weight excluding hydrogens is 919 g/mol. The largest absolute Gasteiger partial charge is 0.472 e. The van der Waals surface area contributed by atoms with Crippen molar-refractivity contribution in [1.82, 2.24) is 0 Å². The smallest absolute Gasteiger partial charge is 0.466 e. The molecule has 0 amide bonds. The Hall–Kier alpha value is -0.980. The minimum Gasteiger partial charge on any atom is -0.466 e. The summed E-state index contributed by atoms with van der Waals surface area (Å²) >= 11 is 1.48. The molecule has 1 aliphatic carbocycles. The Kier molecular flexibility index (Phi) is 37.0. The van der Waals surface area contributed by atoms with Crippen molar-refractivity contribution >= 4 is 44.5 Å². The normalized spacial score (nSPS) is 21.3. The number of phosphoric ester groups is 2. The Labute approximate surface area is 399 Å². The summed E-state index contributed by atoms with van der Waals surface area (Å²) in [6.45, 7) is 3.51. The van der Waals surface area contributed by atoms with Gasteiger partial charge in [0.05, 0.1) is 19.6 Å². The highest BCUT2D eigenvalue weighted by Crippen LogP contribution is 2.49. The van der Waals surface area contributed by atoms with Gasteiger partial charge in [-0.3, -0.25) is 28.0 Å². The highest BCUT2D eigenvalue weighted by molar-refractivity contribution is 8.13. The number of aliphatic hydroxyl groups is 4. The van der Waals surface area contributed by atoms with E-state index in [1.165, 1.54) is 114 Å². The van der Waals surface area contributed by atoms with Crippen LogP contribution in [-0.4, -0.2) is 114 Å². The molecule has 4 unspecified atom stereocenters. The fraction of sp³-hybridized carbons (Fsp3) is 0.935. The van der Waals surface area contributed by atoms with Gasteiger partial charge in [-0.15, -0.1) is 0 Å². The van der Waals surface area contributed by atoms with Crippen LogP contribution in [0, 0.1) is 0 Å². The van der Waals surface area contributed by atoms with Crippen molar-refractivity contribution in [3.8, 4) is 0 Å². The van der Waals surface area contributed by atoms with Gasteiger partial charge in [0.2, 0.25) is 0 Å². The van der Waals surface area contributed by atoms with Gasteiger partial charge >= 0.3 is 27.6 Å². The molecule has 0 aromatic rings. The van der Waals surface area contributed by atoms with Crippen molar-refractivity contribution in [2.75, 3.05) is 19.0 Å². The van der Waals surface area contributed by atoms with Crippen LogP contribution in [0.3, 0.4) is 0 Å². The maximum absolute atomic E-state index is 13.0. The zero-order valence-electron chi connectivity index (χ0n) is 40.1. The van der Waals surface area contributed by atoms with Crippen molar-refractivity contribution in [1.29, 1.82) is 0 Å². The third-order valence-electron chi connectivity index (χ3n) is 11.7. The molecule has 20 heteroatoms. The minimum atomic E-state index is -5.37. The molecule has 1 aliphatic rings. The van der Waals surface area contributed by atoms with Crippen LogP contribution in [-0.2, 0) is 46.6 Å². The molecule has 1 saturated carbocycles. The number of esters is 2. The van der Waals surface area contributed by atoms with E-state index in [0.29, 0.717) is 24.4 Å². The van der Waals surface area contributed by atoms with Crippen LogP contribution in [0.2, 0.25) is 0 Å². The lowest BCUT2D eigenvalue weighted by Gasteiger charge is -2.43. The van der Waals surface area contributed by atoms with Gasteiger partial charge in [-0.2, -0.15) is 0 Å². The molecule has 0 aromatic carbocycles. The highest BCUT2D eigenvalue weighted by Gasteiger charge is 2.54. The van der Waals surface area contributed by atoms with Crippen LogP contribution in [0.25, 0.3) is 0 Å². The van der Waals surface area contributed by atoms with Crippen molar-refractivity contribution < 1.29 is 81.7 Å². The first-order chi connectivity index (χ1) is 31.5. The van der Waals surface area contributed by atoms with Gasteiger partial charge in [0.1, 0.15) is 42.7 Å². The summed E-state index contributed by atoms with van der Waals surface area (Å²) in [5.74, 6) is -0.467. The van der Waals surface area contributed by atoms with Crippen LogP contribution in [0.4, 0.5) is 0 Å². The number of phosphoric acid groups is 2. The van der Waals surface area contributed by atoms with Crippen LogP contribution in [0.1, 0.15) is 213 Å². The van der Waals surface area contributed by atoms with E-state index in [2.05, 4.69) is 11.4 Å². The average Bonchev–Trinajstić information content (AvgIpc) is 3.26. The fourth-order valence-electron chi connectivity index (χ4n) is 7.84. The second-order valence-electron chi connectivity index (χ2n) is 17.8. The predicted octanol–water partition coefficient (Wildman–Crippen LogP) is 9.27. The minimum absolute atomic E-state index is 0.0303. The number of aliphatic hydroxyl groups excluding tert-OH is 4. The molecule has 0 radical (unpaired) electrons. The first kappa shape index (κ1) is 63.0. The number of ether oxygens (including phenoxy) is 2. The van der Waals surface area contributed by atoms with E-state index in [-0.39, 0.29) is 13.0 Å². The first-order valence-electron chi connectivity index (χ1n) is 25.1. The van der Waals surface area contributed by atoms with Crippen molar-refractivity contribution in [3.63, 3.8) is 0 Å². The Morgan fingerprint density at radius 3 is 1.42 bits per heavy atom. The number of carbonyl (C=O) groups excluding carboxylic acids is 3. The van der Waals surface area contributed by atoms with E-state index in [4.69, 9.17) is 18.5 Å². The lowest BCUT2D eigenvalue weighted by atomic mass is 9.85. The van der Waals surface area contributed by atoms with Crippen LogP contribution in [0.15, 0.2) is 0 Å². The molecule has 17 nitrogen and oxygen atoms in total. The molecule has 0 bridgehead atoms. The molecule has 7 N–H and O–H groups in total. The highest BCUT2D eigenvalue weighted by atomic mass is 32.2. The lowest BCUT2D eigenvalue weighted by Crippen LogP contribution is -2.64. The number of carbonyl (C=O) groups is 3. The average molecular weight is 1010 g/mol. The third-order valence-corrected chi connectivity index (χ3v) is 14.2. The van der Waals surface area contributed by atoms with E-state index in [0.717, 1.165) is 70.0 Å². The topological polar surface area (TPSA) is 273 Å². The first-order valence-corrected chi connectivity index (χ1v) is 29.1. The van der Waals surface area contributed by atoms with E-state index >= 15 is 0 Å². The molecule has 66 heavy (non-hydrogen) atoms. The molecule has 390 valence electrons. The second-order valence-corrected chi connectivity index (χ2v) is 21.6. The van der Waals surface area contributed by atoms with Gasteiger partial charge in [-0.25, -0.2) is 9.13 Å². The summed E-state index contributed by atoms with van der Waals surface area (Å²) in [5.41, 5.74) is 0. The predicted molar refractivity (Wildman–Crippen MR) is 254 cm³/mol. The molecule has 8 atom stereocenters. The van der Waals surface area contributed by atoms with Gasteiger partial charge < -0.3 is 44.6 Å². The van der Waals surface area contributed by atoms with E-state index in [1.54, 1.807) is 0 Å². The van der Waals surface area contributed by atoms with Gasteiger partial charge in [0, 0.05) is 18.6 Å². The SMILES string of the molecule is CCCCCCCCCCCCCCCC(=O)O[C@@H](COP(=O)(O)OC1C(O)[C@H](OP(=O)(O)O)C(O)[C@H](O)[C@@H]1O)CC(=O)OCCCCCCCCCCCCCCCCSC(=O)CCC. The number of thioether (sulfide) groups is 1. The Morgan fingerprint density at radius 1 is 0.515 bits per heavy atom. The number of rotatable bonds is 43. The summed E-state index contributed by atoms with van der Waals surface area (Å²) < 4.78 is 49.4. The zero-order valence-corrected chi connectivity index (χ0v) is 42.7. The van der Waals surface area contributed by atoms with Gasteiger partial charge in [0.15, 0.2) is 5.12 Å². The number of hydrogen-bond acceptors (Lipinski definition) is 15. The maximum Gasteiger partial charge on any atom is 0.472 e. The molecule has 0 aromatic heterocycles. The number of unbranched alkanes of at least 4 members (excludes halogenated alkanes) is 25. The number of hydrogen-bond donors (Lipinski definition) is 7. The van der Waals surface area contributed by atoms with Crippen LogP contribution >= 0.6 is 27.4 Å². The summed E-state index contributed by atoms with van der Waals surface area (Å²) in [7, 11) is -10.7. The van der Waals surface area contributed by atoms with Crippen LogP contribution < -0.4 is 0 Å². The molecule has 0 saturated heterocycles. The van der Waals surface area contributed by atoms with E-state index in [1.807, 2.05) is 6.92 Å². The Balaban J connectivity index is 2.50. The molecule has 0 aliphatic heterocycles. The van der Waals surface area contributed by atoms with Crippen molar-refractivity contribution in [2.24, 2.45) is 0 Å². The Morgan fingerprint density at radius 2 is 0.955 bits per heavy atom. The summed E-state index contributed by atoms with van der Waals surface area (Å²) in [6, 6.07) is 0. The monoisotopic (exact) mass is 1010 g/mol. The van der Waals surface area contributed by atoms with Crippen molar-refractivity contribution in [3.05, 3.63) is 0 Å². The van der Waals surface area contributed by atoms with Gasteiger partial charge in [0.25, 0.3) is 0 Å². The lowest BCUT2D eigenvalue weighted by molar-refractivity contribution is -0.216. The molecule has 0 spiro atoms. The zero-order chi connectivity index (χ0) is 49.1. The third kappa shape index (κ3) is 32.8. The molecule has 1 fully saturated rings. The second kappa shape index (κ2) is 38.7. The summed E-state index contributed by atoms with van der Waals surface area (Å²) in [6.07, 6.45) is 16.4. The summed E-state index contributed by atoms with van der Waals surface area (Å²) in [5, 5.41) is 41.6. The Bertz CT molecular complexity index is 1360. The van der Waals surface area contributed by atoms with E-state index < -0.39 is 83.3 Å². The van der Waals surface area contributed by atoms with Crippen LogP contribution in [0.5, 0.6) is 0 Å². The summed E-state index contributed by atoms with van der Waals surface area (Å²) in [4.78, 5) is 66.1. The standard InChI is InChI=1S/C46H88O17P2S/c1-3-5-6-7-8-9-10-13-16-19-22-25-28-32-38(47)61-37(36-60-65(57,58)63-46-43(52)41(50)42(51)45(44(46)53)62-64(54,55)56)35-39(48)59-33-29-26-23-20-17-14-11-12-15-18-21-24-27-30-34-66-40(49)31-4-2/h37,41-46,50-53H,3-36H2,1-2H3,(H,57,58)(H2,54,55,56)/t37-,41+,42?,43+,44?,45-,46?/m1/s1. The van der Waals surface area contributed by atoms with Gasteiger partial charge in [-0.1, -0.05) is 180 Å². The molecular formula is C46H88O17P2S. The quantitative estimate of drug-likeness (QED) is 0.0170. The van der Waals surface area contributed by atoms with Gasteiger partial charge in [-0.05, 0) is 25.7 Å².